The summed E-state index contributed by atoms with van der Waals surface area (Å²) in [5.41, 5.74) is 5.96. The molecular formula is C13H20N4O3. The molecule has 0 spiro atoms. The zero-order valence-corrected chi connectivity index (χ0v) is 11.4. The average Bonchev–Trinajstić information content (AvgIpc) is 3.00. The van der Waals surface area contributed by atoms with Gasteiger partial charge in [0.15, 0.2) is 0 Å². The van der Waals surface area contributed by atoms with E-state index in [-0.39, 0.29) is 18.4 Å². The Labute approximate surface area is 117 Å². The van der Waals surface area contributed by atoms with Gasteiger partial charge in [0, 0.05) is 24.4 Å². The predicted octanol–water partition coefficient (Wildman–Crippen LogP) is 0.0391. The quantitative estimate of drug-likeness (QED) is 0.606. The Morgan fingerprint density at radius 3 is 2.95 bits per heavy atom. The molecule has 2 rings (SSSR count). The number of rotatable bonds is 5. The highest BCUT2D eigenvalue weighted by molar-refractivity contribution is 5.88. The summed E-state index contributed by atoms with van der Waals surface area (Å²) < 4.78 is 0. The normalized spacial score (nSPS) is 27.2. The minimum Gasteiger partial charge on any atom is -0.480 e. The number of nitrogens with zero attached hydrogens (tertiary/aromatic N) is 1. The number of aliphatic carboxylic acids is 1. The van der Waals surface area contributed by atoms with Crippen LogP contribution >= 0.6 is 0 Å². The number of nitrogens with one attached hydrogen (secondary N) is 2. The van der Waals surface area contributed by atoms with Crippen molar-refractivity contribution in [2.45, 2.75) is 44.7 Å². The Balaban J connectivity index is 2.04. The van der Waals surface area contributed by atoms with Crippen LogP contribution in [0.2, 0.25) is 0 Å². The van der Waals surface area contributed by atoms with E-state index in [1.165, 1.54) is 6.33 Å². The van der Waals surface area contributed by atoms with Crippen LogP contribution in [0.4, 0.5) is 0 Å². The highest BCUT2D eigenvalue weighted by Crippen LogP contribution is 2.36. The van der Waals surface area contributed by atoms with Crippen LogP contribution in [0.3, 0.4) is 0 Å². The van der Waals surface area contributed by atoms with E-state index in [0.29, 0.717) is 12.1 Å². The first-order chi connectivity index (χ1) is 9.43. The smallest absolute Gasteiger partial charge is 0.326 e. The van der Waals surface area contributed by atoms with Crippen molar-refractivity contribution >= 4 is 11.9 Å². The van der Waals surface area contributed by atoms with E-state index in [1.54, 1.807) is 13.1 Å². The molecule has 0 aliphatic heterocycles. The monoisotopic (exact) mass is 280 g/mol. The van der Waals surface area contributed by atoms with Gasteiger partial charge < -0.3 is 21.1 Å². The van der Waals surface area contributed by atoms with Gasteiger partial charge >= 0.3 is 5.97 Å². The summed E-state index contributed by atoms with van der Waals surface area (Å²) in [5, 5.41) is 11.8. The summed E-state index contributed by atoms with van der Waals surface area (Å²) >= 11 is 0. The molecule has 110 valence electrons. The van der Waals surface area contributed by atoms with E-state index in [9.17, 15) is 14.7 Å². The van der Waals surface area contributed by atoms with E-state index in [2.05, 4.69) is 15.3 Å². The molecule has 1 aliphatic rings. The molecule has 1 heterocycles. The highest BCUT2D eigenvalue weighted by atomic mass is 16.4. The van der Waals surface area contributed by atoms with E-state index >= 15 is 0 Å². The van der Waals surface area contributed by atoms with Gasteiger partial charge in [-0.15, -0.1) is 0 Å². The van der Waals surface area contributed by atoms with Gasteiger partial charge in [-0.3, -0.25) is 4.79 Å². The van der Waals surface area contributed by atoms with Crippen molar-refractivity contribution in [1.82, 2.24) is 15.3 Å². The van der Waals surface area contributed by atoms with Gasteiger partial charge in [-0.25, -0.2) is 9.78 Å². The number of H-pyrrole nitrogens is 1. The molecule has 3 atom stereocenters. The first-order valence-electron chi connectivity index (χ1n) is 6.70. The fraction of sp³-hybridized carbons (Fsp3) is 0.615. The minimum absolute atomic E-state index is 0.173. The molecule has 0 saturated heterocycles. The van der Waals surface area contributed by atoms with Crippen molar-refractivity contribution in [1.29, 1.82) is 0 Å². The van der Waals surface area contributed by atoms with Crippen LogP contribution in [0.1, 0.15) is 31.9 Å². The number of aromatic nitrogens is 2. The summed E-state index contributed by atoms with van der Waals surface area (Å²) in [5.74, 6) is -1.35. The van der Waals surface area contributed by atoms with Crippen molar-refractivity contribution in [2.75, 3.05) is 0 Å². The van der Waals surface area contributed by atoms with Crippen molar-refractivity contribution in [3.63, 3.8) is 0 Å². The largest absolute Gasteiger partial charge is 0.480 e. The molecule has 0 aromatic carbocycles. The summed E-state index contributed by atoms with van der Waals surface area (Å²) in [4.78, 5) is 30.3. The van der Waals surface area contributed by atoms with E-state index in [0.717, 1.165) is 12.8 Å². The molecule has 1 saturated carbocycles. The van der Waals surface area contributed by atoms with Crippen molar-refractivity contribution in [3.05, 3.63) is 18.2 Å². The van der Waals surface area contributed by atoms with Crippen molar-refractivity contribution in [3.8, 4) is 0 Å². The molecule has 7 heteroatoms. The number of carbonyl (C=O) groups is 2. The fourth-order valence-electron chi connectivity index (χ4n) is 2.61. The van der Waals surface area contributed by atoms with Gasteiger partial charge in [0.05, 0.1) is 11.7 Å². The standard InChI is InChI=1S/C13H20N4O3/c1-13(4-2-3-10(13)14)12(20)17-9(11(18)19)5-8-6-15-7-16-8/h6-7,9-10H,2-5,14H2,1H3,(H,15,16)(H,17,20)(H,18,19)/t9-,10?,13?/m1/s1. The third kappa shape index (κ3) is 2.82. The second kappa shape index (κ2) is 5.62. The van der Waals surface area contributed by atoms with E-state index in [4.69, 9.17) is 5.73 Å². The summed E-state index contributed by atoms with van der Waals surface area (Å²) in [6, 6.07) is -1.20. The molecule has 7 nitrogen and oxygen atoms in total. The zero-order chi connectivity index (χ0) is 14.8. The maximum absolute atomic E-state index is 12.3. The van der Waals surface area contributed by atoms with Gasteiger partial charge in [0.2, 0.25) is 5.91 Å². The number of carboxylic acid groups (broad SMARTS) is 1. The second-order valence-corrected chi connectivity index (χ2v) is 5.56. The van der Waals surface area contributed by atoms with Crippen LogP contribution in [0.15, 0.2) is 12.5 Å². The summed E-state index contributed by atoms with van der Waals surface area (Å²) in [6.45, 7) is 1.80. The lowest BCUT2D eigenvalue weighted by Gasteiger charge is -2.29. The SMILES string of the molecule is CC1(C(=O)N[C@H](Cc2cnc[nH]2)C(=O)O)CCCC1N. The number of imidazole rings is 1. The number of nitrogens with two attached hydrogens (primary N) is 1. The van der Waals surface area contributed by atoms with Crippen LogP contribution in [-0.2, 0) is 16.0 Å². The maximum Gasteiger partial charge on any atom is 0.326 e. The molecule has 0 radical (unpaired) electrons. The Hall–Kier alpha value is -1.89. The molecule has 1 amide bonds. The molecule has 1 aromatic heterocycles. The Morgan fingerprint density at radius 1 is 1.70 bits per heavy atom. The van der Waals surface area contributed by atoms with Gasteiger partial charge in [-0.1, -0.05) is 6.42 Å². The number of aromatic amines is 1. The highest BCUT2D eigenvalue weighted by Gasteiger charge is 2.44. The number of hydrogen-bond donors (Lipinski definition) is 4. The van der Waals surface area contributed by atoms with Gasteiger partial charge in [-0.2, -0.15) is 0 Å². The predicted molar refractivity (Wildman–Crippen MR) is 71.8 cm³/mol. The van der Waals surface area contributed by atoms with Crippen molar-refractivity contribution in [2.24, 2.45) is 11.1 Å². The lowest BCUT2D eigenvalue weighted by Crippen LogP contribution is -2.52. The Bertz CT molecular complexity index is 488. The zero-order valence-electron chi connectivity index (χ0n) is 11.4. The topological polar surface area (TPSA) is 121 Å². The van der Waals surface area contributed by atoms with Crippen LogP contribution < -0.4 is 11.1 Å². The Morgan fingerprint density at radius 2 is 2.45 bits per heavy atom. The van der Waals surface area contributed by atoms with Gasteiger partial charge in [0.1, 0.15) is 6.04 Å². The van der Waals surface area contributed by atoms with Crippen LogP contribution in [0.5, 0.6) is 0 Å². The third-order valence-electron chi connectivity index (χ3n) is 4.13. The first kappa shape index (κ1) is 14.5. The molecule has 2 unspecified atom stereocenters. The molecule has 0 bridgehead atoms. The number of hydrogen-bond acceptors (Lipinski definition) is 4. The van der Waals surface area contributed by atoms with Crippen LogP contribution in [0, 0.1) is 5.41 Å². The van der Waals surface area contributed by atoms with Crippen molar-refractivity contribution < 1.29 is 14.7 Å². The third-order valence-corrected chi connectivity index (χ3v) is 4.13. The lowest BCUT2D eigenvalue weighted by molar-refractivity contribution is -0.143. The number of carbonyl (C=O) groups excluding carboxylic acids is 1. The first-order valence-corrected chi connectivity index (χ1v) is 6.70. The van der Waals surface area contributed by atoms with Gasteiger partial charge in [0.25, 0.3) is 0 Å². The van der Waals surface area contributed by atoms with Gasteiger partial charge in [-0.05, 0) is 19.8 Å². The number of carboxylic acids is 1. The Kier molecular flexibility index (Phi) is 4.08. The molecule has 1 aliphatic carbocycles. The van der Waals surface area contributed by atoms with E-state index < -0.39 is 17.4 Å². The summed E-state index contributed by atoms with van der Waals surface area (Å²) in [7, 11) is 0. The van der Waals surface area contributed by atoms with Crippen LogP contribution in [-0.4, -0.2) is 39.0 Å². The molecule has 5 N–H and O–H groups in total. The lowest BCUT2D eigenvalue weighted by atomic mass is 9.84. The van der Waals surface area contributed by atoms with Crippen LogP contribution in [0.25, 0.3) is 0 Å². The molecular weight excluding hydrogens is 260 g/mol. The molecule has 1 aromatic rings. The molecule has 1 fully saturated rings. The minimum atomic E-state index is -1.07. The fourth-order valence-corrected chi connectivity index (χ4v) is 2.61. The summed E-state index contributed by atoms with van der Waals surface area (Å²) in [6.07, 6.45) is 5.57. The van der Waals surface area contributed by atoms with E-state index in [1.807, 2.05) is 0 Å². The maximum atomic E-state index is 12.3. The number of amides is 1. The average molecular weight is 280 g/mol. The molecule has 20 heavy (non-hydrogen) atoms. The second-order valence-electron chi connectivity index (χ2n) is 5.56.